The molecule has 0 radical (unpaired) electrons. The van der Waals surface area contributed by atoms with Crippen LogP contribution in [0.3, 0.4) is 0 Å². The van der Waals surface area contributed by atoms with Crippen molar-refractivity contribution < 1.29 is 4.79 Å². The molecular weight excluding hydrogens is 260 g/mol. The zero-order valence-electron chi connectivity index (χ0n) is 11.3. The lowest BCUT2D eigenvalue weighted by atomic mass is 10.1. The molecule has 0 saturated heterocycles. The number of amides is 1. The molecule has 1 aromatic rings. The summed E-state index contributed by atoms with van der Waals surface area (Å²) in [7, 11) is 0. The van der Waals surface area contributed by atoms with E-state index >= 15 is 0 Å². The summed E-state index contributed by atoms with van der Waals surface area (Å²) in [5.41, 5.74) is 6.73. The third kappa shape index (κ3) is 4.22. The van der Waals surface area contributed by atoms with Gasteiger partial charge in [0.1, 0.15) is 0 Å². The quantitative estimate of drug-likeness (QED) is 0.871. The molecule has 1 fully saturated rings. The standard InChI is InChI=1S/C15H21ClN2O/c1-11(9-17)8-15(19)18(14-6-7-14)10-12-2-4-13(16)5-3-12/h2-5,11,14H,6-10,17H2,1H3. The second kappa shape index (κ2) is 6.40. The van der Waals surface area contributed by atoms with Gasteiger partial charge in [-0.1, -0.05) is 30.7 Å². The number of nitrogens with zero attached hydrogens (tertiary/aromatic N) is 1. The molecule has 0 aromatic heterocycles. The van der Waals surface area contributed by atoms with Crippen molar-refractivity contribution in [3.63, 3.8) is 0 Å². The number of hydrogen-bond acceptors (Lipinski definition) is 2. The van der Waals surface area contributed by atoms with E-state index < -0.39 is 0 Å². The fourth-order valence-electron chi connectivity index (χ4n) is 2.09. The summed E-state index contributed by atoms with van der Waals surface area (Å²) in [4.78, 5) is 14.3. The molecule has 1 aliphatic carbocycles. The predicted octanol–water partition coefficient (Wildman–Crippen LogP) is 2.82. The highest BCUT2D eigenvalue weighted by Gasteiger charge is 2.32. The van der Waals surface area contributed by atoms with Crippen molar-refractivity contribution in [3.05, 3.63) is 34.9 Å². The van der Waals surface area contributed by atoms with Crippen LogP contribution in [0.5, 0.6) is 0 Å². The summed E-state index contributed by atoms with van der Waals surface area (Å²) in [6.45, 7) is 3.26. The normalized spacial score (nSPS) is 16.2. The molecule has 0 heterocycles. The van der Waals surface area contributed by atoms with E-state index in [0.29, 0.717) is 25.6 Å². The highest BCUT2D eigenvalue weighted by Crippen LogP contribution is 2.29. The van der Waals surface area contributed by atoms with Crippen LogP contribution in [0.2, 0.25) is 5.02 Å². The van der Waals surface area contributed by atoms with Gasteiger partial charge >= 0.3 is 0 Å². The van der Waals surface area contributed by atoms with Crippen LogP contribution in [-0.2, 0) is 11.3 Å². The Bertz CT molecular complexity index is 428. The lowest BCUT2D eigenvalue weighted by molar-refractivity contribution is -0.133. The van der Waals surface area contributed by atoms with Crippen LogP contribution in [0.25, 0.3) is 0 Å². The third-order valence-corrected chi connectivity index (χ3v) is 3.75. The van der Waals surface area contributed by atoms with Crippen molar-refractivity contribution >= 4 is 17.5 Å². The first-order valence-electron chi connectivity index (χ1n) is 6.84. The maximum absolute atomic E-state index is 12.3. The van der Waals surface area contributed by atoms with Gasteiger partial charge in [-0.25, -0.2) is 0 Å². The second-order valence-corrected chi connectivity index (χ2v) is 5.86. The first-order chi connectivity index (χ1) is 9.10. The van der Waals surface area contributed by atoms with Crippen molar-refractivity contribution in [3.8, 4) is 0 Å². The Morgan fingerprint density at radius 2 is 2.05 bits per heavy atom. The van der Waals surface area contributed by atoms with Crippen LogP contribution in [0.15, 0.2) is 24.3 Å². The van der Waals surface area contributed by atoms with Gasteiger partial charge < -0.3 is 10.6 Å². The zero-order chi connectivity index (χ0) is 13.8. The smallest absolute Gasteiger partial charge is 0.223 e. The Morgan fingerprint density at radius 3 is 2.58 bits per heavy atom. The molecule has 1 unspecified atom stereocenters. The monoisotopic (exact) mass is 280 g/mol. The largest absolute Gasteiger partial charge is 0.335 e. The summed E-state index contributed by atoms with van der Waals surface area (Å²) >= 11 is 5.88. The molecule has 1 aromatic carbocycles. The lowest BCUT2D eigenvalue weighted by Gasteiger charge is -2.24. The zero-order valence-corrected chi connectivity index (χ0v) is 12.1. The molecule has 4 heteroatoms. The summed E-state index contributed by atoms with van der Waals surface area (Å²) in [5.74, 6) is 0.467. The number of carbonyl (C=O) groups is 1. The minimum absolute atomic E-state index is 0.218. The molecular formula is C15H21ClN2O. The number of halogens is 1. The Morgan fingerprint density at radius 1 is 1.42 bits per heavy atom. The first-order valence-corrected chi connectivity index (χ1v) is 7.22. The van der Waals surface area contributed by atoms with E-state index in [4.69, 9.17) is 17.3 Å². The Labute approximate surface area is 119 Å². The van der Waals surface area contributed by atoms with Crippen LogP contribution in [0.1, 0.15) is 31.7 Å². The molecule has 1 atom stereocenters. The summed E-state index contributed by atoms with van der Waals surface area (Å²) in [5, 5.41) is 0.727. The van der Waals surface area contributed by atoms with Gasteiger partial charge in [0, 0.05) is 24.0 Å². The molecule has 0 spiro atoms. The van der Waals surface area contributed by atoms with Gasteiger partial charge in [-0.05, 0) is 43.0 Å². The molecule has 0 aliphatic heterocycles. The highest BCUT2D eigenvalue weighted by molar-refractivity contribution is 6.30. The molecule has 1 amide bonds. The van der Waals surface area contributed by atoms with Crippen LogP contribution < -0.4 is 5.73 Å². The number of nitrogens with two attached hydrogens (primary N) is 1. The van der Waals surface area contributed by atoms with E-state index in [1.54, 1.807) is 0 Å². The number of carbonyl (C=O) groups excluding carboxylic acids is 1. The molecule has 1 aliphatic rings. The average molecular weight is 281 g/mol. The summed E-state index contributed by atoms with van der Waals surface area (Å²) in [6, 6.07) is 8.13. The van der Waals surface area contributed by atoms with Crippen molar-refractivity contribution in [2.45, 2.75) is 38.8 Å². The first kappa shape index (κ1) is 14.4. The van der Waals surface area contributed by atoms with Crippen molar-refractivity contribution in [2.75, 3.05) is 6.54 Å². The highest BCUT2D eigenvalue weighted by atomic mass is 35.5. The van der Waals surface area contributed by atoms with Gasteiger partial charge in [0.2, 0.25) is 5.91 Å². The van der Waals surface area contributed by atoms with Crippen LogP contribution in [0.4, 0.5) is 0 Å². The fraction of sp³-hybridized carbons (Fsp3) is 0.533. The van der Waals surface area contributed by atoms with Crippen LogP contribution in [0, 0.1) is 5.92 Å². The molecule has 2 rings (SSSR count). The Hall–Kier alpha value is -1.06. The third-order valence-electron chi connectivity index (χ3n) is 3.50. The van der Waals surface area contributed by atoms with E-state index in [2.05, 4.69) is 0 Å². The van der Waals surface area contributed by atoms with Gasteiger partial charge in [-0.3, -0.25) is 4.79 Å². The van der Waals surface area contributed by atoms with Gasteiger partial charge in [-0.2, -0.15) is 0 Å². The van der Waals surface area contributed by atoms with Crippen molar-refractivity contribution in [1.29, 1.82) is 0 Å². The molecule has 0 bridgehead atoms. The number of rotatable bonds is 6. The molecule has 1 saturated carbocycles. The van der Waals surface area contributed by atoms with Crippen molar-refractivity contribution in [1.82, 2.24) is 4.90 Å². The lowest BCUT2D eigenvalue weighted by Crippen LogP contribution is -2.34. The summed E-state index contributed by atoms with van der Waals surface area (Å²) in [6.07, 6.45) is 2.78. The maximum Gasteiger partial charge on any atom is 0.223 e. The summed E-state index contributed by atoms with van der Waals surface area (Å²) < 4.78 is 0. The molecule has 3 nitrogen and oxygen atoms in total. The SMILES string of the molecule is CC(CN)CC(=O)N(Cc1ccc(Cl)cc1)C1CC1. The minimum atomic E-state index is 0.218. The topological polar surface area (TPSA) is 46.3 Å². The molecule has 19 heavy (non-hydrogen) atoms. The fourth-order valence-corrected chi connectivity index (χ4v) is 2.22. The van der Waals surface area contributed by atoms with E-state index in [0.717, 1.165) is 23.4 Å². The number of hydrogen-bond donors (Lipinski definition) is 1. The number of benzene rings is 1. The second-order valence-electron chi connectivity index (χ2n) is 5.42. The minimum Gasteiger partial charge on any atom is -0.335 e. The Balaban J connectivity index is 2.00. The van der Waals surface area contributed by atoms with Crippen LogP contribution >= 0.6 is 11.6 Å². The van der Waals surface area contributed by atoms with Crippen molar-refractivity contribution in [2.24, 2.45) is 11.7 Å². The van der Waals surface area contributed by atoms with E-state index in [1.165, 1.54) is 0 Å². The van der Waals surface area contributed by atoms with E-state index in [9.17, 15) is 4.79 Å². The maximum atomic E-state index is 12.3. The van der Waals surface area contributed by atoms with Gasteiger partial charge in [0.25, 0.3) is 0 Å². The van der Waals surface area contributed by atoms with Gasteiger partial charge in [-0.15, -0.1) is 0 Å². The van der Waals surface area contributed by atoms with E-state index in [1.807, 2.05) is 36.1 Å². The van der Waals surface area contributed by atoms with Gasteiger partial charge in [0.05, 0.1) is 0 Å². The predicted molar refractivity (Wildman–Crippen MR) is 77.9 cm³/mol. The van der Waals surface area contributed by atoms with Gasteiger partial charge in [0.15, 0.2) is 0 Å². The van der Waals surface area contributed by atoms with Crippen LogP contribution in [-0.4, -0.2) is 23.4 Å². The Kier molecular flexibility index (Phi) is 4.83. The average Bonchev–Trinajstić information content (AvgIpc) is 3.22. The molecule has 104 valence electrons. The van der Waals surface area contributed by atoms with E-state index in [-0.39, 0.29) is 11.8 Å². The molecule has 2 N–H and O–H groups in total.